The quantitative estimate of drug-likeness (QED) is 0.867. The zero-order valence-electron chi connectivity index (χ0n) is 13.0. The fourth-order valence-electron chi connectivity index (χ4n) is 2.66. The van der Waals surface area contributed by atoms with E-state index in [4.69, 9.17) is 16.1 Å². The second kappa shape index (κ2) is 6.67. The number of halogens is 1. The van der Waals surface area contributed by atoms with Crippen LogP contribution in [0.4, 0.5) is 6.01 Å². The maximum Gasteiger partial charge on any atom is 0.324 e. The van der Waals surface area contributed by atoms with Crippen molar-refractivity contribution in [1.29, 1.82) is 0 Å². The molecule has 0 bridgehead atoms. The Kier molecular flexibility index (Phi) is 4.64. The van der Waals surface area contributed by atoms with Crippen molar-refractivity contribution in [2.24, 2.45) is 0 Å². The highest BCUT2D eigenvalue weighted by Crippen LogP contribution is 2.17. The Labute approximate surface area is 135 Å². The highest BCUT2D eigenvalue weighted by atomic mass is 35.5. The van der Waals surface area contributed by atoms with Crippen molar-refractivity contribution in [1.82, 2.24) is 15.0 Å². The highest BCUT2D eigenvalue weighted by molar-refractivity contribution is 6.30. The van der Waals surface area contributed by atoms with E-state index in [1.807, 2.05) is 24.3 Å². The van der Waals surface area contributed by atoms with Crippen LogP contribution in [-0.4, -0.2) is 47.3 Å². The molecule has 3 rings (SSSR count). The summed E-state index contributed by atoms with van der Waals surface area (Å²) in [5.41, 5.74) is 1.13. The van der Waals surface area contributed by atoms with Crippen molar-refractivity contribution in [3.8, 4) is 0 Å². The van der Waals surface area contributed by atoms with Crippen LogP contribution in [0.3, 0.4) is 0 Å². The van der Waals surface area contributed by atoms with Gasteiger partial charge in [-0.2, -0.15) is 4.98 Å². The van der Waals surface area contributed by atoms with Crippen molar-refractivity contribution >= 4 is 17.6 Å². The predicted octanol–water partition coefficient (Wildman–Crippen LogP) is 2.84. The van der Waals surface area contributed by atoms with Crippen LogP contribution in [0.25, 0.3) is 0 Å². The molecule has 0 spiro atoms. The summed E-state index contributed by atoms with van der Waals surface area (Å²) in [6, 6.07) is 8.95. The molecule has 1 saturated heterocycles. The number of benzene rings is 1. The number of aromatic nitrogens is 2. The first-order valence-electron chi connectivity index (χ1n) is 7.68. The van der Waals surface area contributed by atoms with E-state index in [1.165, 1.54) is 0 Å². The molecule has 1 aliphatic heterocycles. The van der Waals surface area contributed by atoms with Gasteiger partial charge >= 0.3 is 6.01 Å². The molecule has 2 heterocycles. The molecule has 0 N–H and O–H groups in total. The van der Waals surface area contributed by atoms with Crippen molar-refractivity contribution in [2.75, 3.05) is 31.1 Å². The smallest absolute Gasteiger partial charge is 0.322 e. The Morgan fingerprint density at radius 2 is 1.82 bits per heavy atom. The standard InChI is InChI=1S/C16H21ClN4O/c1-12(2)20-7-9-21(10-8-20)16-18-15(19-22-16)11-13-3-5-14(17)6-4-13/h3-6,12H,7-11H2,1-2H3. The van der Waals surface area contributed by atoms with Gasteiger partial charge in [0.1, 0.15) is 0 Å². The van der Waals surface area contributed by atoms with Crippen LogP contribution < -0.4 is 4.90 Å². The fraction of sp³-hybridized carbons (Fsp3) is 0.500. The summed E-state index contributed by atoms with van der Waals surface area (Å²) in [4.78, 5) is 9.14. The van der Waals surface area contributed by atoms with Gasteiger partial charge in [0.2, 0.25) is 0 Å². The lowest BCUT2D eigenvalue weighted by Crippen LogP contribution is -2.49. The molecule has 118 valence electrons. The minimum atomic E-state index is 0.588. The largest absolute Gasteiger partial charge is 0.324 e. The van der Waals surface area contributed by atoms with E-state index in [2.05, 4.69) is 33.8 Å². The number of piperazine rings is 1. The van der Waals surface area contributed by atoms with E-state index in [-0.39, 0.29) is 0 Å². The second-order valence-electron chi connectivity index (χ2n) is 5.91. The first-order chi connectivity index (χ1) is 10.6. The van der Waals surface area contributed by atoms with Crippen molar-refractivity contribution in [2.45, 2.75) is 26.3 Å². The average Bonchev–Trinajstić information content (AvgIpc) is 2.98. The molecule has 22 heavy (non-hydrogen) atoms. The molecular weight excluding hydrogens is 300 g/mol. The maximum atomic E-state index is 5.89. The molecule has 1 aromatic carbocycles. The monoisotopic (exact) mass is 320 g/mol. The lowest BCUT2D eigenvalue weighted by molar-refractivity contribution is 0.204. The first-order valence-corrected chi connectivity index (χ1v) is 8.05. The zero-order chi connectivity index (χ0) is 15.5. The highest BCUT2D eigenvalue weighted by Gasteiger charge is 2.22. The topological polar surface area (TPSA) is 45.4 Å². The summed E-state index contributed by atoms with van der Waals surface area (Å²) >= 11 is 5.89. The molecular formula is C16H21ClN4O. The van der Waals surface area contributed by atoms with Gasteiger partial charge in [0.05, 0.1) is 0 Å². The molecule has 0 saturated carbocycles. The summed E-state index contributed by atoms with van der Waals surface area (Å²) in [6.45, 7) is 8.39. The summed E-state index contributed by atoms with van der Waals surface area (Å²) in [7, 11) is 0. The van der Waals surface area contributed by atoms with Crippen LogP contribution in [0, 0.1) is 0 Å². The van der Waals surface area contributed by atoms with E-state index in [0.717, 1.165) is 36.8 Å². The van der Waals surface area contributed by atoms with Gasteiger partial charge in [-0.15, -0.1) is 0 Å². The number of hydrogen-bond donors (Lipinski definition) is 0. The molecule has 1 aromatic heterocycles. The van der Waals surface area contributed by atoms with Crippen LogP contribution in [0.2, 0.25) is 5.02 Å². The van der Waals surface area contributed by atoms with E-state index < -0.39 is 0 Å². The number of hydrogen-bond acceptors (Lipinski definition) is 5. The van der Waals surface area contributed by atoms with E-state index in [1.54, 1.807) is 0 Å². The maximum absolute atomic E-state index is 5.89. The average molecular weight is 321 g/mol. The van der Waals surface area contributed by atoms with Gasteiger partial charge in [-0.05, 0) is 31.5 Å². The van der Waals surface area contributed by atoms with Crippen molar-refractivity contribution in [3.63, 3.8) is 0 Å². The summed E-state index contributed by atoms with van der Waals surface area (Å²) < 4.78 is 5.42. The molecule has 0 radical (unpaired) electrons. The fourth-order valence-corrected chi connectivity index (χ4v) is 2.79. The molecule has 2 aromatic rings. The predicted molar refractivity (Wildman–Crippen MR) is 87.5 cm³/mol. The van der Waals surface area contributed by atoms with E-state index in [9.17, 15) is 0 Å². The minimum Gasteiger partial charge on any atom is -0.322 e. The van der Waals surface area contributed by atoms with Crippen LogP contribution in [-0.2, 0) is 6.42 Å². The SMILES string of the molecule is CC(C)N1CCN(c2nc(Cc3ccc(Cl)cc3)no2)CC1. The molecule has 5 nitrogen and oxygen atoms in total. The summed E-state index contributed by atoms with van der Waals surface area (Å²) in [6.07, 6.45) is 0.659. The van der Waals surface area contributed by atoms with E-state index in [0.29, 0.717) is 24.3 Å². The number of anilines is 1. The second-order valence-corrected chi connectivity index (χ2v) is 6.35. The Balaban J connectivity index is 1.61. The molecule has 6 heteroatoms. The van der Waals surface area contributed by atoms with E-state index >= 15 is 0 Å². The molecule has 1 fully saturated rings. The Morgan fingerprint density at radius 1 is 1.14 bits per heavy atom. The summed E-state index contributed by atoms with van der Waals surface area (Å²) in [5, 5.41) is 4.83. The van der Waals surface area contributed by atoms with Gasteiger partial charge in [0.25, 0.3) is 0 Å². The zero-order valence-corrected chi connectivity index (χ0v) is 13.8. The van der Waals surface area contributed by atoms with Crippen LogP contribution in [0.15, 0.2) is 28.8 Å². The Hall–Kier alpha value is -1.59. The van der Waals surface area contributed by atoms with Gasteiger partial charge in [-0.1, -0.05) is 28.9 Å². The van der Waals surface area contributed by atoms with Gasteiger partial charge in [-0.25, -0.2) is 0 Å². The third-order valence-corrected chi connectivity index (χ3v) is 4.30. The molecule has 0 aliphatic carbocycles. The van der Waals surface area contributed by atoms with Crippen LogP contribution in [0.1, 0.15) is 25.2 Å². The van der Waals surface area contributed by atoms with Crippen LogP contribution in [0.5, 0.6) is 0 Å². The Morgan fingerprint density at radius 3 is 2.45 bits per heavy atom. The molecule has 1 aliphatic rings. The number of rotatable bonds is 4. The molecule has 0 unspecified atom stereocenters. The van der Waals surface area contributed by atoms with Crippen molar-refractivity contribution in [3.05, 3.63) is 40.7 Å². The molecule has 0 amide bonds. The number of nitrogens with zero attached hydrogens (tertiary/aromatic N) is 4. The van der Waals surface area contributed by atoms with Gasteiger partial charge in [0.15, 0.2) is 5.82 Å². The van der Waals surface area contributed by atoms with Crippen molar-refractivity contribution < 1.29 is 4.52 Å². The summed E-state index contributed by atoms with van der Waals surface area (Å²) in [5.74, 6) is 0.712. The Bertz CT molecular complexity index is 603. The third kappa shape index (κ3) is 3.59. The first kappa shape index (κ1) is 15.3. The lowest BCUT2D eigenvalue weighted by atomic mass is 10.1. The molecule has 0 atom stereocenters. The van der Waals surface area contributed by atoms with Crippen LogP contribution >= 0.6 is 11.6 Å². The van der Waals surface area contributed by atoms with Gasteiger partial charge < -0.3 is 9.42 Å². The van der Waals surface area contributed by atoms with Gasteiger partial charge in [-0.3, -0.25) is 4.90 Å². The normalized spacial score (nSPS) is 16.5. The van der Waals surface area contributed by atoms with Gasteiger partial charge in [0, 0.05) is 43.7 Å². The third-order valence-electron chi connectivity index (χ3n) is 4.05. The lowest BCUT2D eigenvalue weighted by Gasteiger charge is -2.35. The minimum absolute atomic E-state index is 0.588.